The minimum atomic E-state index is 0.531. The fourth-order valence-corrected chi connectivity index (χ4v) is 2.80. The molecule has 0 radical (unpaired) electrons. The molecule has 0 bridgehead atoms. The highest BCUT2D eigenvalue weighted by atomic mass is 16.5. The van der Waals surface area contributed by atoms with Crippen LogP contribution in [0.3, 0.4) is 0 Å². The van der Waals surface area contributed by atoms with E-state index >= 15 is 0 Å². The van der Waals surface area contributed by atoms with E-state index in [1.165, 1.54) is 12.8 Å². The van der Waals surface area contributed by atoms with Gasteiger partial charge in [0.25, 0.3) is 0 Å². The van der Waals surface area contributed by atoms with Crippen LogP contribution in [0.25, 0.3) is 5.65 Å². The first kappa shape index (κ1) is 18.2. The smallest absolute Gasteiger partial charge is 0.213 e. The van der Waals surface area contributed by atoms with E-state index in [4.69, 9.17) is 4.74 Å². The number of aliphatic imine (C=N–C) groups is 1. The first-order chi connectivity index (χ1) is 13.8. The predicted molar refractivity (Wildman–Crippen MR) is 107 cm³/mol. The predicted octanol–water partition coefficient (Wildman–Crippen LogP) is 2.17. The average molecular weight is 379 g/mol. The Balaban J connectivity index is 1.38. The average Bonchev–Trinajstić information content (AvgIpc) is 3.47. The number of guanidine groups is 1. The molecular formula is C20H25N7O. The van der Waals surface area contributed by atoms with Crippen LogP contribution >= 0.6 is 0 Å². The molecule has 4 rings (SSSR count). The zero-order valence-corrected chi connectivity index (χ0v) is 16.0. The monoisotopic (exact) mass is 379 g/mol. The number of nitrogens with zero attached hydrogens (tertiary/aromatic N) is 5. The Morgan fingerprint density at radius 2 is 2.18 bits per heavy atom. The lowest BCUT2D eigenvalue weighted by molar-refractivity contribution is 0.288. The summed E-state index contributed by atoms with van der Waals surface area (Å²) in [4.78, 5) is 8.95. The zero-order valence-electron chi connectivity index (χ0n) is 16.0. The quantitative estimate of drug-likeness (QED) is 0.461. The van der Waals surface area contributed by atoms with Gasteiger partial charge in [-0.1, -0.05) is 6.07 Å². The highest BCUT2D eigenvalue weighted by Gasteiger charge is 2.22. The molecule has 0 spiro atoms. The van der Waals surface area contributed by atoms with E-state index in [1.807, 2.05) is 47.9 Å². The Bertz CT molecular complexity index is 948. The summed E-state index contributed by atoms with van der Waals surface area (Å²) in [7, 11) is 0. The lowest BCUT2D eigenvalue weighted by Gasteiger charge is -2.11. The number of pyridine rings is 2. The van der Waals surface area contributed by atoms with Crippen molar-refractivity contribution in [2.24, 2.45) is 10.9 Å². The fraction of sp³-hybridized carbons (Fsp3) is 0.400. The molecule has 3 aromatic rings. The molecule has 1 aliphatic rings. The first-order valence-corrected chi connectivity index (χ1v) is 9.70. The third-order valence-corrected chi connectivity index (χ3v) is 4.53. The highest BCUT2D eigenvalue weighted by molar-refractivity contribution is 5.79. The second-order valence-electron chi connectivity index (χ2n) is 6.85. The van der Waals surface area contributed by atoms with E-state index < -0.39 is 0 Å². The van der Waals surface area contributed by atoms with Crippen molar-refractivity contribution in [2.75, 3.05) is 13.2 Å². The van der Waals surface area contributed by atoms with E-state index in [0.717, 1.165) is 36.1 Å². The van der Waals surface area contributed by atoms with Gasteiger partial charge in [-0.2, -0.15) is 0 Å². The standard InChI is InChI=1S/C20H25N7O/c1-2-21-20(24-13-18-26-25-17-5-3-4-10-27(17)18)23-12-16-8-9-22-19(11-16)28-14-15-6-7-15/h3-5,8-11,15H,2,6-7,12-14H2,1H3,(H2,21,23,24). The fourth-order valence-electron chi connectivity index (χ4n) is 2.80. The molecule has 0 aromatic carbocycles. The van der Waals surface area contributed by atoms with Crippen LogP contribution in [0.1, 0.15) is 31.2 Å². The minimum Gasteiger partial charge on any atom is -0.477 e. The van der Waals surface area contributed by atoms with Gasteiger partial charge in [0.1, 0.15) is 0 Å². The van der Waals surface area contributed by atoms with Gasteiger partial charge in [0.05, 0.1) is 19.7 Å². The van der Waals surface area contributed by atoms with Crippen molar-refractivity contribution in [1.82, 2.24) is 30.2 Å². The molecule has 8 nitrogen and oxygen atoms in total. The van der Waals surface area contributed by atoms with Gasteiger partial charge in [-0.05, 0) is 49.4 Å². The third-order valence-electron chi connectivity index (χ3n) is 4.53. The van der Waals surface area contributed by atoms with Crippen molar-refractivity contribution in [1.29, 1.82) is 0 Å². The van der Waals surface area contributed by atoms with E-state index in [2.05, 4.69) is 30.8 Å². The maximum Gasteiger partial charge on any atom is 0.213 e. The van der Waals surface area contributed by atoms with Gasteiger partial charge in [0.15, 0.2) is 17.4 Å². The summed E-state index contributed by atoms with van der Waals surface area (Å²) in [6, 6.07) is 9.77. The molecular weight excluding hydrogens is 354 g/mol. The Hall–Kier alpha value is -3.16. The summed E-state index contributed by atoms with van der Waals surface area (Å²) in [6.45, 7) is 4.65. The summed E-state index contributed by atoms with van der Waals surface area (Å²) in [6.07, 6.45) is 6.26. The number of rotatable bonds is 8. The second kappa shape index (κ2) is 8.69. The molecule has 0 amide bonds. The van der Waals surface area contributed by atoms with Crippen molar-refractivity contribution in [3.63, 3.8) is 0 Å². The van der Waals surface area contributed by atoms with Crippen molar-refractivity contribution in [3.05, 3.63) is 54.1 Å². The van der Waals surface area contributed by atoms with Gasteiger partial charge in [0, 0.05) is 25.0 Å². The lowest BCUT2D eigenvalue weighted by Crippen LogP contribution is -2.37. The summed E-state index contributed by atoms with van der Waals surface area (Å²) >= 11 is 0. The molecule has 1 fully saturated rings. The van der Waals surface area contributed by atoms with Crippen molar-refractivity contribution < 1.29 is 4.74 Å². The van der Waals surface area contributed by atoms with Crippen LogP contribution in [0, 0.1) is 5.92 Å². The van der Waals surface area contributed by atoms with E-state index in [0.29, 0.717) is 24.9 Å². The van der Waals surface area contributed by atoms with Crippen LogP contribution in [0.15, 0.2) is 47.7 Å². The van der Waals surface area contributed by atoms with Gasteiger partial charge in [0.2, 0.25) is 5.88 Å². The van der Waals surface area contributed by atoms with Gasteiger partial charge in [-0.15, -0.1) is 10.2 Å². The zero-order chi connectivity index (χ0) is 19.2. The Morgan fingerprint density at radius 1 is 1.25 bits per heavy atom. The summed E-state index contributed by atoms with van der Waals surface area (Å²) in [5.41, 5.74) is 1.89. The van der Waals surface area contributed by atoms with Crippen LogP contribution in [0.2, 0.25) is 0 Å². The molecule has 0 unspecified atom stereocenters. The molecule has 2 N–H and O–H groups in total. The molecule has 0 atom stereocenters. The van der Waals surface area contributed by atoms with Gasteiger partial charge < -0.3 is 15.4 Å². The van der Waals surface area contributed by atoms with Gasteiger partial charge in [-0.3, -0.25) is 4.40 Å². The molecule has 28 heavy (non-hydrogen) atoms. The summed E-state index contributed by atoms with van der Waals surface area (Å²) < 4.78 is 7.71. The number of hydrogen-bond acceptors (Lipinski definition) is 5. The number of hydrogen-bond donors (Lipinski definition) is 2. The molecule has 1 aliphatic carbocycles. The summed E-state index contributed by atoms with van der Waals surface area (Å²) in [5.74, 6) is 2.95. The van der Waals surface area contributed by atoms with Crippen LogP contribution in [-0.2, 0) is 13.1 Å². The van der Waals surface area contributed by atoms with Gasteiger partial charge in [-0.25, -0.2) is 9.98 Å². The Kier molecular flexibility index (Phi) is 5.65. The molecule has 146 valence electrons. The highest BCUT2D eigenvalue weighted by Crippen LogP contribution is 2.29. The van der Waals surface area contributed by atoms with Crippen molar-refractivity contribution >= 4 is 11.6 Å². The topological polar surface area (TPSA) is 88.7 Å². The molecule has 1 saturated carbocycles. The van der Waals surface area contributed by atoms with E-state index in [9.17, 15) is 0 Å². The first-order valence-electron chi connectivity index (χ1n) is 9.70. The van der Waals surface area contributed by atoms with Crippen molar-refractivity contribution in [3.8, 4) is 5.88 Å². The molecule has 0 aliphatic heterocycles. The number of aromatic nitrogens is 4. The second-order valence-corrected chi connectivity index (χ2v) is 6.85. The third kappa shape index (κ3) is 4.76. The van der Waals surface area contributed by atoms with Crippen molar-refractivity contribution in [2.45, 2.75) is 32.9 Å². The van der Waals surface area contributed by atoms with Crippen LogP contribution in [-0.4, -0.2) is 38.7 Å². The van der Waals surface area contributed by atoms with Crippen LogP contribution < -0.4 is 15.4 Å². The minimum absolute atomic E-state index is 0.531. The normalized spacial score (nSPS) is 14.2. The summed E-state index contributed by atoms with van der Waals surface area (Å²) in [5, 5.41) is 15.0. The molecule has 0 saturated heterocycles. The molecule has 8 heteroatoms. The Morgan fingerprint density at radius 3 is 3.04 bits per heavy atom. The van der Waals surface area contributed by atoms with E-state index in [1.54, 1.807) is 6.20 Å². The number of ether oxygens (including phenoxy) is 1. The number of nitrogens with one attached hydrogen (secondary N) is 2. The number of fused-ring (bicyclic) bond motifs is 1. The van der Waals surface area contributed by atoms with Crippen LogP contribution in [0.5, 0.6) is 5.88 Å². The lowest BCUT2D eigenvalue weighted by atomic mass is 10.3. The van der Waals surface area contributed by atoms with E-state index in [-0.39, 0.29) is 0 Å². The maximum atomic E-state index is 5.75. The van der Waals surface area contributed by atoms with Gasteiger partial charge >= 0.3 is 0 Å². The molecule has 3 heterocycles. The largest absolute Gasteiger partial charge is 0.477 e. The maximum absolute atomic E-state index is 5.75. The molecule has 3 aromatic heterocycles. The van der Waals surface area contributed by atoms with Crippen LogP contribution in [0.4, 0.5) is 0 Å². The SMILES string of the molecule is CCNC(=NCc1ccnc(OCC2CC2)c1)NCc1nnc2ccccn12. The Labute approximate surface area is 164 Å².